The summed E-state index contributed by atoms with van der Waals surface area (Å²) in [5.74, 6) is -0.427. The standard InChI is InChI=1S/C13H10Br2N4O2/c1-7(9-4-8(14)5-10(15)12(9)20)18-19-13(21)11-6-16-2-3-17-11/h2-6,20H,1H3,(H,19,21)/b18-7+. The molecule has 0 aliphatic carbocycles. The lowest BCUT2D eigenvalue weighted by Gasteiger charge is -2.07. The van der Waals surface area contributed by atoms with Crippen molar-refractivity contribution < 1.29 is 9.90 Å². The number of carbonyl (C=O) groups excluding carboxylic acids is 1. The van der Waals surface area contributed by atoms with E-state index in [-0.39, 0.29) is 11.4 Å². The maximum absolute atomic E-state index is 11.8. The normalized spacial score (nSPS) is 11.3. The number of aromatic nitrogens is 2. The second kappa shape index (κ2) is 6.77. The number of benzene rings is 1. The fourth-order valence-electron chi connectivity index (χ4n) is 1.51. The van der Waals surface area contributed by atoms with E-state index in [9.17, 15) is 9.90 Å². The highest BCUT2D eigenvalue weighted by Crippen LogP contribution is 2.31. The molecule has 2 rings (SSSR count). The largest absolute Gasteiger partial charge is 0.506 e. The predicted molar refractivity (Wildman–Crippen MR) is 85.2 cm³/mol. The molecule has 1 heterocycles. The van der Waals surface area contributed by atoms with Gasteiger partial charge in [0.1, 0.15) is 11.4 Å². The smallest absolute Gasteiger partial charge is 0.291 e. The number of nitrogens with zero attached hydrogens (tertiary/aromatic N) is 3. The minimum atomic E-state index is -0.476. The number of halogens is 2. The molecule has 0 bridgehead atoms. The molecule has 0 atom stereocenters. The minimum Gasteiger partial charge on any atom is -0.506 e. The van der Waals surface area contributed by atoms with Crippen LogP contribution >= 0.6 is 31.9 Å². The molecule has 8 heteroatoms. The Morgan fingerprint density at radius 1 is 1.33 bits per heavy atom. The van der Waals surface area contributed by atoms with E-state index in [0.717, 1.165) is 4.47 Å². The lowest BCUT2D eigenvalue weighted by molar-refractivity contribution is 0.0949. The summed E-state index contributed by atoms with van der Waals surface area (Å²) in [4.78, 5) is 19.5. The zero-order valence-electron chi connectivity index (χ0n) is 10.8. The zero-order chi connectivity index (χ0) is 15.4. The van der Waals surface area contributed by atoms with E-state index in [1.165, 1.54) is 18.6 Å². The van der Waals surface area contributed by atoms with Gasteiger partial charge in [0, 0.05) is 22.4 Å². The number of nitrogens with one attached hydrogen (secondary N) is 1. The summed E-state index contributed by atoms with van der Waals surface area (Å²) >= 11 is 6.57. The summed E-state index contributed by atoms with van der Waals surface area (Å²) in [6.07, 6.45) is 4.23. The molecule has 0 unspecified atom stereocenters. The van der Waals surface area contributed by atoms with E-state index in [0.29, 0.717) is 15.7 Å². The van der Waals surface area contributed by atoms with Crippen LogP contribution in [0.4, 0.5) is 0 Å². The van der Waals surface area contributed by atoms with Gasteiger partial charge >= 0.3 is 0 Å². The van der Waals surface area contributed by atoms with E-state index in [2.05, 4.69) is 52.4 Å². The number of phenolic OH excluding ortho intramolecular Hbond substituents is 1. The summed E-state index contributed by atoms with van der Waals surface area (Å²) in [5, 5.41) is 14.0. The Morgan fingerprint density at radius 2 is 2.10 bits per heavy atom. The molecule has 6 nitrogen and oxygen atoms in total. The highest BCUT2D eigenvalue weighted by atomic mass is 79.9. The molecule has 0 aliphatic heterocycles. The monoisotopic (exact) mass is 412 g/mol. The Hall–Kier alpha value is -1.80. The fraction of sp³-hybridized carbons (Fsp3) is 0.0769. The molecule has 1 aromatic carbocycles. The molecular weight excluding hydrogens is 404 g/mol. The number of hydrogen-bond donors (Lipinski definition) is 2. The number of aromatic hydroxyl groups is 1. The van der Waals surface area contributed by atoms with Crippen LogP contribution in [-0.2, 0) is 0 Å². The Morgan fingerprint density at radius 3 is 2.76 bits per heavy atom. The first-order chi connectivity index (χ1) is 9.99. The third-order valence-electron chi connectivity index (χ3n) is 2.54. The molecule has 108 valence electrons. The van der Waals surface area contributed by atoms with Crippen molar-refractivity contribution >= 4 is 43.5 Å². The van der Waals surface area contributed by atoms with Gasteiger partial charge in [-0.3, -0.25) is 9.78 Å². The number of hydrogen-bond acceptors (Lipinski definition) is 5. The van der Waals surface area contributed by atoms with Gasteiger partial charge in [-0.2, -0.15) is 5.10 Å². The van der Waals surface area contributed by atoms with Crippen LogP contribution in [0.3, 0.4) is 0 Å². The number of hydrazone groups is 1. The SMILES string of the molecule is C/C(=N\NC(=O)c1cnccn1)c1cc(Br)cc(Br)c1O. The average Bonchev–Trinajstić information content (AvgIpc) is 2.49. The quantitative estimate of drug-likeness (QED) is 0.598. The first-order valence-corrected chi connectivity index (χ1v) is 7.36. The minimum absolute atomic E-state index is 0.0493. The van der Waals surface area contributed by atoms with Gasteiger partial charge in [-0.05, 0) is 35.0 Å². The van der Waals surface area contributed by atoms with Crippen LogP contribution in [0.25, 0.3) is 0 Å². The van der Waals surface area contributed by atoms with Crippen molar-refractivity contribution in [2.45, 2.75) is 6.92 Å². The first kappa shape index (κ1) is 15.6. The molecule has 0 radical (unpaired) electrons. The zero-order valence-corrected chi connectivity index (χ0v) is 14.0. The summed E-state index contributed by atoms with van der Waals surface area (Å²) in [6.45, 7) is 1.67. The third-order valence-corrected chi connectivity index (χ3v) is 3.60. The van der Waals surface area contributed by atoms with Crippen molar-refractivity contribution in [1.82, 2.24) is 15.4 Å². The topological polar surface area (TPSA) is 87.5 Å². The Kier molecular flexibility index (Phi) is 5.03. The van der Waals surface area contributed by atoms with Crippen LogP contribution in [0.2, 0.25) is 0 Å². The molecule has 0 fully saturated rings. The summed E-state index contributed by atoms with van der Waals surface area (Å²) in [6, 6.07) is 3.41. The highest BCUT2D eigenvalue weighted by molar-refractivity contribution is 9.11. The van der Waals surface area contributed by atoms with Crippen molar-refractivity contribution in [2.75, 3.05) is 0 Å². The molecule has 1 aromatic heterocycles. The summed E-state index contributed by atoms with van der Waals surface area (Å²) in [7, 11) is 0. The molecule has 0 aliphatic rings. The van der Waals surface area contributed by atoms with Gasteiger partial charge in [0.15, 0.2) is 0 Å². The van der Waals surface area contributed by atoms with Crippen LogP contribution in [0, 0.1) is 0 Å². The number of phenols is 1. The van der Waals surface area contributed by atoms with Gasteiger partial charge in [0.05, 0.1) is 16.4 Å². The van der Waals surface area contributed by atoms with E-state index >= 15 is 0 Å². The lowest BCUT2D eigenvalue weighted by Crippen LogP contribution is -2.20. The van der Waals surface area contributed by atoms with E-state index in [1.54, 1.807) is 19.1 Å². The highest BCUT2D eigenvalue weighted by Gasteiger charge is 2.11. The van der Waals surface area contributed by atoms with Gasteiger partial charge in [-0.1, -0.05) is 15.9 Å². The Balaban J connectivity index is 2.21. The van der Waals surface area contributed by atoms with Crippen molar-refractivity contribution in [3.05, 3.63) is 50.9 Å². The lowest BCUT2D eigenvalue weighted by atomic mass is 10.1. The van der Waals surface area contributed by atoms with Crippen LogP contribution < -0.4 is 5.43 Å². The van der Waals surface area contributed by atoms with Gasteiger partial charge in [-0.15, -0.1) is 0 Å². The molecule has 1 amide bonds. The van der Waals surface area contributed by atoms with Crippen LogP contribution in [0.15, 0.2) is 44.8 Å². The van der Waals surface area contributed by atoms with Crippen molar-refractivity contribution in [1.29, 1.82) is 0 Å². The van der Waals surface area contributed by atoms with Crippen molar-refractivity contribution in [3.63, 3.8) is 0 Å². The predicted octanol–water partition coefficient (Wildman–Crippen LogP) is 2.86. The van der Waals surface area contributed by atoms with E-state index < -0.39 is 5.91 Å². The number of amides is 1. The summed E-state index contributed by atoms with van der Waals surface area (Å²) < 4.78 is 1.30. The van der Waals surface area contributed by atoms with Crippen LogP contribution in [-0.4, -0.2) is 26.7 Å². The summed E-state index contributed by atoms with van der Waals surface area (Å²) in [5.41, 5.74) is 3.48. The molecule has 0 saturated heterocycles. The van der Waals surface area contributed by atoms with Gasteiger partial charge < -0.3 is 5.11 Å². The van der Waals surface area contributed by atoms with Gasteiger partial charge in [0.2, 0.25) is 0 Å². The second-order valence-electron chi connectivity index (χ2n) is 4.01. The maximum Gasteiger partial charge on any atom is 0.291 e. The number of rotatable bonds is 3. The Bertz CT molecular complexity index is 705. The molecule has 2 aromatic rings. The molecule has 0 saturated carbocycles. The number of carbonyl (C=O) groups is 1. The fourth-order valence-corrected chi connectivity index (χ4v) is 2.74. The van der Waals surface area contributed by atoms with Crippen molar-refractivity contribution in [3.8, 4) is 5.75 Å². The molecule has 0 spiro atoms. The average molecular weight is 414 g/mol. The third kappa shape index (κ3) is 3.85. The maximum atomic E-state index is 11.8. The van der Waals surface area contributed by atoms with Crippen LogP contribution in [0.1, 0.15) is 23.0 Å². The first-order valence-electron chi connectivity index (χ1n) is 5.78. The van der Waals surface area contributed by atoms with Crippen molar-refractivity contribution in [2.24, 2.45) is 5.10 Å². The van der Waals surface area contributed by atoms with Gasteiger partial charge in [0.25, 0.3) is 5.91 Å². The van der Waals surface area contributed by atoms with Gasteiger partial charge in [-0.25, -0.2) is 10.4 Å². The molecular formula is C13H10Br2N4O2. The van der Waals surface area contributed by atoms with E-state index in [4.69, 9.17) is 0 Å². The Labute approximate surface area is 137 Å². The molecule has 2 N–H and O–H groups in total. The second-order valence-corrected chi connectivity index (χ2v) is 5.78. The van der Waals surface area contributed by atoms with E-state index in [1.807, 2.05) is 0 Å². The van der Waals surface area contributed by atoms with Crippen LogP contribution in [0.5, 0.6) is 5.75 Å². The molecule has 21 heavy (non-hydrogen) atoms.